The number of furan rings is 1. The number of hydrogen-bond acceptors (Lipinski definition) is 6. The lowest BCUT2D eigenvalue weighted by Gasteiger charge is -2.11. The third-order valence-electron chi connectivity index (χ3n) is 4.67. The summed E-state index contributed by atoms with van der Waals surface area (Å²) < 4.78 is 45.9. The second-order valence-electron chi connectivity index (χ2n) is 6.72. The summed E-state index contributed by atoms with van der Waals surface area (Å²) in [7, 11) is 2.85. The van der Waals surface area contributed by atoms with Crippen LogP contribution in [0, 0.1) is 0 Å². The van der Waals surface area contributed by atoms with Gasteiger partial charge in [-0.3, -0.25) is 13.9 Å². The Balaban J connectivity index is 1.80. The average molecular weight is 448 g/mol. The van der Waals surface area contributed by atoms with E-state index in [1.165, 1.54) is 37.1 Å². The van der Waals surface area contributed by atoms with E-state index in [1.807, 2.05) is 0 Å². The number of rotatable bonds is 4. The number of nitrogens with zero attached hydrogens (tertiary/aromatic N) is 4. The number of aryl methyl sites for hydroxylation is 1. The Labute approximate surface area is 177 Å². The minimum absolute atomic E-state index is 0.143. The molecular weight excluding hydrogens is 433 g/mol. The van der Waals surface area contributed by atoms with E-state index in [-0.39, 0.29) is 22.6 Å². The van der Waals surface area contributed by atoms with E-state index in [0.717, 1.165) is 28.5 Å². The van der Waals surface area contributed by atoms with Gasteiger partial charge in [0.15, 0.2) is 17.2 Å². The molecule has 11 heteroatoms. The molecule has 0 saturated carbocycles. The Kier molecular flexibility index (Phi) is 5.21. The fraction of sp³-hybridized carbons (Fsp3) is 0.200. The Morgan fingerprint density at radius 1 is 1.03 bits per heavy atom. The molecule has 3 heterocycles. The number of hydrogen-bond donors (Lipinski definition) is 0. The molecule has 0 saturated heterocycles. The Morgan fingerprint density at radius 3 is 2.35 bits per heavy atom. The van der Waals surface area contributed by atoms with E-state index in [4.69, 9.17) is 4.42 Å². The molecule has 0 unspecified atom stereocenters. The van der Waals surface area contributed by atoms with E-state index in [2.05, 4.69) is 9.97 Å². The monoisotopic (exact) mass is 448 g/mol. The molecule has 31 heavy (non-hydrogen) atoms. The molecule has 4 aromatic rings. The van der Waals surface area contributed by atoms with Crippen molar-refractivity contribution in [3.8, 4) is 11.6 Å². The van der Waals surface area contributed by atoms with Crippen molar-refractivity contribution in [3.63, 3.8) is 0 Å². The first kappa shape index (κ1) is 20.9. The van der Waals surface area contributed by atoms with Gasteiger partial charge in [-0.1, -0.05) is 12.1 Å². The zero-order valence-corrected chi connectivity index (χ0v) is 17.1. The summed E-state index contributed by atoms with van der Waals surface area (Å²) in [5.41, 5.74) is -1.08. The van der Waals surface area contributed by atoms with Crippen LogP contribution in [-0.2, 0) is 26.0 Å². The van der Waals surface area contributed by atoms with Crippen LogP contribution in [0.5, 0.6) is 0 Å². The van der Waals surface area contributed by atoms with Gasteiger partial charge in [0.1, 0.15) is 10.4 Å². The van der Waals surface area contributed by atoms with Crippen LogP contribution in [0.15, 0.2) is 61.7 Å². The van der Waals surface area contributed by atoms with Gasteiger partial charge in [-0.15, -0.1) is 11.8 Å². The van der Waals surface area contributed by atoms with Gasteiger partial charge in [0.05, 0.1) is 11.8 Å². The number of thioether (sulfide) groups is 1. The molecule has 0 aliphatic rings. The molecule has 0 aliphatic carbocycles. The second kappa shape index (κ2) is 7.73. The van der Waals surface area contributed by atoms with E-state index in [0.29, 0.717) is 16.3 Å². The molecule has 1 aromatic carbocycles. The van der Waals surface area contributed by atoms with Crippen LogP contribution in [-0.4, -0.2) is 19.1 Å². The molecule has 0 amide bonds. The summed E-state index contributed by atoms with van der Waals surface area (Å²) in [6, 6.07) is 8.06. The maximum absolute atomic E-state index is 12.8. The minimum atomic E-state index is -4.41. The van der Waals surface area contributed by atoms with Gasteiger partial charge in [0, 0.05) is 19.8 Å². The van der Waals surface area contributed by atoms with Crippen LogP contribution < -0.4 is 11.2 Å². The molecule has 7 nitrogen and oxygen atoms in total. The first-order valence-electron chi connectivity index (χ1n) is 8.97. The van der Waals surface area contributed by atoms with Crippen molar-refractivity contribution in [1.29, 1.82) is 0 Å². The van der Waals surface area contributed by atoms with E-state index in [9.17, 15) is 22.8 Å². The first-order valence-corrected chi connectivity index (χ1v) is 9.96. The fourth-order valence-corrected chi connectivity index (χ4v) is 3.96. The van der Waals surface area contributed by atoms with Crippen molar-refractivity contribution < 1.29 is 17.6 Å². The van der Waals surface area contributed by atoms with Gasteiger partial charge in [-0.25, -0.2) is 14.8 Å². The molecule has 0 atom stereocenters. The normalized spacial score (nSPS) is 11.9. The second-order valence-corrected chi connectivity index (χ2v) is 7.68. The Morgan fingerprint density at radius 2 is 1.74 bits per heavy atom. The zero-order chi connectivity index (χ0) is 22.3. The van der Waals surface area contributed by atoms with E-state index < -0.39 is 23.0 Å². The predicted molar refractivity (Wildman–Crippen MR) is 109 cm³/mol. The number of halogens is 3. The van der Waals surface area contributed by atoms with Gasteiger partial charge >= 0.3 is 11.9 Å². The maximum Gasteiger partial charge on any atom is 0.416 e. The summed E-state index contributed by atoms with van der Waals surface area (Å²) in [5.74, 6) is 0.801. The molecule has 4 rings (SSSR count). The van der Waals surface area contributed by atoms with Crippen molar-refractivity contribution >= 4 is 22.8 Å². The quantitative estimate of drug-likeness (QED) is 0.351. The number of fused-ring (bicyclic) bond motifs is 1. The summed E-state index contributed by atoms with van der Waals surface area (Å²) in [4.78, 5) is 33.9. The molecule has 3 aromatic heterocycles. The summed E-state index contributed by atoms with van der Waals surface area (Å²) >= 11 is 1.16. The summed E-state index contributed by atoms with van der Waals surface area (Å²) in [5, 5.41) is 0.448. The van der Waals surface area contributed by atoms with Crippen molar-refractivity contribution in [2.24, 2.45) is 14.1 Å². The molecule has 0 fully saturated rings. The fourth-order valence-electron chi connectivity index (χ4n) is 2.99. The van der Waals surface area contributed by atoms with Crippen molar-refractivity contribution in [2.75, 3.05) is 0 Å². The van der Waals surface area contributed by atoms with Gasteiger partial charge in [0.25, 0.3) is 5.56 Å². The van der Waals surface area contributed by atoms with Crippen LogP contribution in [0.4, 0.5) is 13.2 Å². The largest absolute Gasteiger partial charge is 0.461 e. The Bertz CT molecular complexity index is 1370. The standard InChI is InChI=1S/C20H15F3N4O3S/c1-26-16-14(18(28)27(2)19(26)29)17(25-15(24-16)13-4-3-9-30-13)31-10-11-5-7-12(8-6-11)20(21,22)23/h3-9H,10H2,1-2H3. The molecular formula is C20H15F3N4O3S. The highest BCUT2D eigenvalue weighted by Crippen LogP contribution is 2.31. The lowest BCUT2D eigenvalue weighted by atomic mass is 10.1. The van der Waals surface area contributed by atoms with Crippen molar-refractivity contribution in [1.82, 2.24) is 19.1 Å². The topological polar surface area (TPSA) is 82.9 Å². The molecule has 0 radical (unpaired) electrons. The van der Waals surface area contributed by atoms with Crippen LogP contribution in [0.25, 0.3) is 22.6 Å². The zero-order valence-electron chi connectivity index (χ0n) is 16.3. The number of alkyl halides is 3. The minimum Gasteiger partial charge on any atom is -0.461 e. The van der Waals surface area contributed by atoms with Gasteiger partial charge in [-0.05, 0) is 29.8 Å². The number of aromatic nitrogens is 4. The summed E-state index contributed by atoms with van der Waals surface area (Å²) in [6.45, 7) is 0. The maximum atomic E-state index is 12.8. The van der Waals surface area contributed by atoms with Crippen molar-refractivity contribution in [2.45, 2.75) is 17.0 Å². The van der Waals surface area contributed by atoms with Gasteiger partial charge < -0.3 is 4.42 Å². The number of benzene rings is 1. The highest BCUT2D eigenvalue weighted by molar-refractivity contribution is 7.98. The smallest absolute Gasteiger partial charge is 0.416 e. The van der Waals surface area contributed by atoms with Crippen LogP contribution in [0.3, 0.4) is 0 Å². The lowest BCUT2D eigenvalue weighted by molar-refractivity contribution is -0.137. The lowest BCUT2D eigenvalue weighted by Crippen LogP contribution is -2.37. The summed E-state index contributed by atoms with van der Waals surface area (Å²) in [6.07, 6.45) is -2.97. The van der Waals surface area contributed by atoms with Crippen LogP contribution in [0.2, 0.25) is 0 Å². The predicted octanol–water partition coefficient (Wildman–Crippen LogP) is 3.60. The van der Waals surface area contributed by atoms with E-state index >= 15 is 0 Å². The van der Waals surface area contributed by atoms with Gasteiger partial charge in [0.2, 0.25) is 0 Å². The van der Waals surface area contributed by atoms with E-state index in [1.54, 1.807) is 12.1 Å². The first-order chi connectivity index (χ1) is 14.7. The molecule has 0 aliphatic heterocycles. The average Bonchev–Trinajstić information content (AvgIpc) is 3.29. The molecule has 0 bridgehead atoms. The molecule has 0 spiro atoms. The van der Waals surface area contributed by atoms with Crippen LogP contribution >= 0.6 is 11.8 Å². The molecule has 160 valence electrons. The van der Waals surface area contributed by atoms with Gasteiger partial charge in [-0.2, -0.15) is 13.2 Å². The SMILES string of the molecule is Cn1c(=O)c2c(SCc3ccc(C(F)(F)F)cc3)nc(-c3ccco3)nc2n(C)c1=O. The Hall–Kier alpha value is -3.34. The highest BCUT2D eigenvalue weighted by atomic mass is 32.2. The highest BCUT2D eigenvalue weighted by Gasteiger charge is 2.30. The molecule has 0 N–H and O–H groups in total. The van der Waals surface area contributed by atoms with Crippen LogP contribution in [0.1, 0.15) is 11.1 Å². The van der Waals surface area contributed by atoms with Crippen molar-refractivity contribution in [3.05, 3.63) is 74.6 Å². The third kappa shape index (κ3) is 3.88. The third-order valence-corrected chi connectivity index (χ3v) is 5.71.